The molecule has 3 rings (SSSR count). The minimum Gasteiger partial charge on any atom is -0.352 e. The van der Waals surface area contributed by atoms with E-state index >= 15 is 0 Å². The van der Waals surface area contributed by atoms with Crippen molar-refractivity contribution in [1.29, 1.82) is 0 Å². The first-order chi connectivity index (χ1) is 11.9. The normalized spacial score (nSPS) is 26.9. The molecule has 0 aliphatic heterocycles. The lowest BCUT2D eigenvalue weighted by atomic mass is 9.84. The van der Waals surface area contributed by atoms with Gasteiger partial charge in [-0.1, -0.05) is 6.42 Å². The van der Waals surface area contributed by atoms with Gasteiger partial charge in [-0.3, -0.25) is 9.59 Å². The maximum absolute atomic E-state index is 12.5. The van der Waals surface area contributed by atoms with Crippen LogP contribution in [0, 0.1) is 17.8 Å². The number of carbonyl (C=O) groups excluding carboxylic acids is 2. The highest BCUT2D eigenvalue weighted by Gasteiger charge is 2.42. The van der Waals surface area contributed by atoms with E-state index in [4.69, 9.17) is 0 Å². The summed E-state index contributed by atoms with van der Waals surface area (Å²) >= 11 is 1.55. The van der Waals surface area contributed by atoms with Gasteiger partial charge in [-0.25, -0.2) is 0 Å². The van der Waals surface area contributed by atoms with Crippen LogP contribution in [0.15, 0.2) is 29.2 Å². The number of fused-ring (bicyclic) bond motifs is 2. The van der Waals surface area contributed by atoms with Crippen molar-refractivity contribution in [2.24, 2.45) is 17.8 Å². The first-order valence-electron chi connectivity index (χ1n) is 9.27. The van der Waals surface area contributed by atoms with Crippen LogP contribution in [0.25, 0.3) is 0 Å². The van der Waals surface area contributed by atoms with Crippen LogP contribution in [-0.4, -0.2) is 23.1 Å². The van der Waals surface area contributed by atoms with Crippen LogP contribution in [0.5, 0.6) is 0 Å². The van der Waals surface area contributed by atoms with Crippen LogP contribution in [-0.2, 0) is 9.59 Å². The second-order valence-corrected chi connectivity index (χ2v) is 9.02. The van der Waals surface area contributed by atoms with Crippen molar-refractivity contribution in [3.8, 4) is 0 Å². The fourth-order valence-corrected chi connectivity index (χ4v) is 5.31. The summed E-state index contributed by atoms with van der Waals surface area (Å²) in [7, 11) is 0. The third kappa shape index (κ3) is 4.57. The predicted octanol–water partition coefficient (Wildman–Crippen LogP) is 4.07. The lowest BCUT2D eigenvalue weighted by Gasteiger charge is -2.29. The largest absolute Gasteiger partial charge is 0.352 e. The van der Waals surface area contributed by atoms with Crippen molar-refractivity contribution in [2.45, 2.75) is 62.6 Å². The van der Waals surface area contributed by atoms with Crippen molar-refractivity contribution in [1.82, 2.24) is 5.32 Å². The Morgan fingerprint density at radius 2 is 1.84 bits per heavy atom. The Morgan fingerprint density at radius 3 is 2.40 bits per heavy atom. The van der Waals surface area contributed by atoms with Crippen LogP contribution in [0.3, 0.4) is 0 Å². The number of hydrogen-bond acceptors (Lipinski definition) is 3. The van der Waals surface area contributed by atoms with E-state index in [1.807, 2.05) is 31.2 Å². The van der Waals surface area contributed by atoms with E-state index in [1.54, 1.807) is 11.8 Å². The molecule has 1 aromatic carbocycles. The number of rotatable bonds is 6. The molecule has 2 N–H and O–H groups in total. The number of amides is 2. The van der Waals surface area contributed by atoms with E-state index in [0.717, 1.165) is 22.4 Å². The number of carbonyl (C=O) groups is 2. The van der Waals surface area contributed by atoms with E-state index in [1.165, 1.54) is 32.6 Å². The molecule has 0 heterocycles. The zero-order valence-electron chi connectivity index (χ0n) is 15.2. The molecule has 25 heavy (non-hydrogen) atoms. The lowest BCUT2D eigenvalue weighted by molar-refractivity contribution is -0.121. The number of thioether (sulfide) groups is 1. The first kappa shape index (κ1) is 18.3. The second kappa shape index (κ2) is 7.81. The fourth-order valence-electron chi connectivity index (χ4n) is 4.43. The molecule has 2 aliphatic rings. The molecule has 1 aromatic rings. The molecule has 2 amide bonds. The molecule has 5 atom stereocenters. The minimum absolute atomic E-state index is 0.0808. The SMILES string of the molecule is CC(=O)Nc1ccc(S[C@H](C)C(=O)N[C@@H](C)[C@H]2C[C@H]3CC[C@H]2C3)cc1. The van der Waals surface area contributed by atoms with Gasteiger partial charge in [0.15, 0.2) is 0 Å². The van der Waals surface area contributed by atoms with Gasteiger partial charge < -0.3 is 10.6 Å². The zero-order valence-corrected chi connectivity index (χ0v) is 16.1. The summed E-state index contributed by atoms with van der Waals surface area (Å²) in [6, 6.07) is 7.89. The minimum atomic E-state index is -0.132. The summed E-state index contributed by atoms with van der Waals surface area (Å²) in [6.45, 7) is 5.62. The molecule has 2 bridgehead atoms. The third-order valence-corrected chi connectivity index (χ3v) is 6.77. The highest BCUT2D eigenvalue weighted by atomic mass is 32.2. The van der Waals surface area contributed by atoms with Crippen molar-refractivity contribution >= 4 is 29.3 Å². The molecule has 0 spiro atoms. The van der Waals surface area contributed by atoms with Gasteiger partial charge in [-0.2, -0.15) is 0 Å². The van der Waals surface area contributed by atoms with Gasteiger partial charge in [0.2, 0.25) is 11.8 Å². The highest BCUT2D eigenvalue weighted by molar-refractivity contribution is 8.00. The standard InChI is InChI=1S/C20H28N2O2S/c1-12(19-11-15-4-5-16(19)10-15)21-20(24)13(2)25-18-8-6-17(7-9-18)22-14(3)23/h6-9,12-13,15-16,19H,4-5,10-11H2,1-3H3,(H,21,24)(H,22,23)/t12-,13+,15-,16-,19+/m0/s1. The molecule has 2 fully saturated rings. The Bertz CT molecular complexity index is 631. The maximum atomic E-state index is 12.5. The Hall–Kier alpha value is -1.49. The molecular weight excluding hydrogens is 332 g/mol. The maximum Gasteiger partial charge on any atom is 0.233 e. The average Bonchev–Trinajstić information content (AvgIpc) is 3.19. The Labute approximate surface area is 154 Å². The van der Waals surface area contributed by atoms with E-state index < -0.39 is 0 Å². The molecule has 0 saturated heterocycles. The van der Waals surface area contributed by atoms with Crippen molar-refractivity contribution in [3.63, 3.8) is 0 Å². The molecule has 4 nitrogen and oxygen atoms in total. The molecular formula is C20H28N2O2S. The topological polar surface area (TPSA) is 58.2 Å². The van der Waals surface area contributed by atoms with Gasteiger partial charge in [-0.15, -0.1) is 11.8 Å². The monoisotopic (exact) mass is 360 g/mol. The summed E-state index contributed by atoms with van der Waals surface area (Å²) in [6.07, 6.45) is 5.40. The quantitative estimate of drug-likeness (QED) is 0.752. The number of anilines is 1. The van der Waals surface area contributed by atoms with Crippen LogP contribution >= 0.6 is 11.8 Å². The molecule has 5 heteroatoms. The van der Waals surface area contributed by atoms with Gasteiger partial charge >= 0.3 is 0 Å². The summed E-state index contributed by atoms with van der Waals surface area (Å²) in [5.74, 6) is 2.43. The molecule has 2 aliphatic carbocycles. The van der Waals surface area contributed by atoms with E-state index in [0.29, 0.717) is 5.92 Å². The number of nitrogens with one attached hydrogen (secondary N) is 2. The number of benzene rings is 1. The van der Waals surface area contributed by atoms with E-state index in [-0.39, 0.29) is 23.1 Å². The van der Waals surface area contributed by atoms with Gasteiger partial charge in [0.1, 0.15) is 0 Å². The zero-order chi connectivity index (χ0) is 18.0. The summed E-state index contributed by atoms with van der Waals surface area (Å²) in [5, 5.41) is 5.87. The molecule has 0 aromatic heterocycles. The number of hydrogen-bond donors (Lipinski definition) is 2. The smallest absolute Gasteiger partial charge is 0.233 e. The molecule has 0 unspecified atom stereocenters. The van der Waals surface area contributed by atoms with Gasteiger partial charge in [0, 0.05) is 23.5 Å². The van der Waals surface area contributed by atoms with E-state index in [2.05, 4.69) is 17.6 Å². The summed E-state index contributed by atoms with van der Waals surface area (Å²) in [5.41, 5.74) is 0.777. The van der Waals surface area contributed by atoms with Gasteiger partial charge in [-0.05, 0) is 75.1 Å². The van der Waals surface area contributed by atoms with Gasteiger partial charge in [0.05, 0.1) is 5.25 Å². The summed E-state index contributed by atoms with van der Waals surface area (Å²) < 4.78 is 0. The van der Waals surface area contributed by atoms with Crippen molar-refractivity contribution in [3.05, 3.63) is 24.3 Å². The predicted molar refractivity (Wildman–Crippen MR) is 103 cm³/mol. The first-order valence-corrected chi connectivity index (χ1v) is 10.1. The fraction of sp³-hybridized carbons (Fsp3) is 0.600. The van der Waals surface area contributed by atoms with E-state index in [9.17, 15) is 9.59 Å². The van der Waals surface area contributed by atoms with Crippen molar-refractivity contribution in [2.75, 3.05) is 5.32 Å². The van der Waals surface area contributed by atoms with Crippen LogP contribution in [0.2, 0.25) is 0 Å². The van der Waals surface area contributed by atoms with Crippen LogP contribution < -0.4 is 10.6 Å². The van der Waals surface area contributed by atoms with Crippen LogP contribution in [0.4, 0.5) is 5.69 Å². The Morgan fingerprint density at radius 1 is 1.12 bits per heavy atom. The molecule has 0 radical (unpaired) electrons. The molecule has 2 saturated carbocycles. The Balaban J connectivity index is 1.49. The summed E-state index contributed by atoms with van der Waals surface area (Å²) in [4.78, 5) is 24.6. The average molecular weight is 361 g/mol. The molecule has 136 valence electrons. The second-order valence-electron chi connectivity index (χ2n) is 7.60. The highest BCUT2D eigenvalue weighted by Crippen LogP contribution is 2.49. The third-order valence-electron chi connectivity index (χ3n) is 5.66. The Kier molecular flexibility index (Phi) is 5.72. The van der Waals surface area contributed by atoms with Gasteiger partial charge in [0.25, 0.3) is 0 Å². The van der Waals surface area contributed by atoms with Crippen molar-refractivity contribution < 1.29 is 9.59 Å². The van der Waals surface area contributed by atoms with Crippen LogP contribution in [0.1, 0.15) is 46.5 Å². The lowest BCUT2D eigenvalue weighted by Crippen LogP contribution is -2.43.